The second kappa shape index (κ2) is 10.4. The molecular weight excluding hydrogens is 387 g/mol. The highest BCUT2D eigenvalue weighted by Gasteiger charge is 2.30. The molecule has 0 aromatic heterocycles. The molecule has 0 bridgehead atoms. The van der Waals surface area contributed by atoms with Gasteiger partial charge in [-0.3, -0.25) is 9.59 Å². The van der Waals surface area contributed by atoms with Gasteiger partial charge in [0.25, 0.3) is 0 Å². The Labute approximate surface area is 160 Å². The van der Waals surface area contributed by atoms with Gasteiger partial charge in [-0.25, -0.2) is 22.0 Å². The molecule has 4 nitrogen and oxygen atoms in total. The molecule has 28 heavy (non-hydrogen) atoms. The minimum atomic E-state index is -2.30. The van der Waals surface area contributed by atoms with Gasteiger partial charge in [-0.05, 0) is 19.3 Å². The third kappa shape index (κ3) is 5.90. The number of hydrogen-bond acceptors (Lipinski definition) is 4. The lowest BCUT2D eigenvalue weighted by Crippen LogP contribution is -2.24. The van der Waals surface area contributed by atoms with Crippen LogP contribution in [0.15, 0.2) is 0 Å². The van der Waals surface area contributed by atoms with Crippen molar-refractivity contribution in [1.82, 2.24) is 0 Å². The van der Waals surface area contributed by atoms with Crippen LogP contribution in [0.4, 0.5) is 22.0 Å². The second-order valence-corrected chi connectivity index (χ2v) is 6.68. The maximum absolute atomic E-state index is 13.7. The molecule has 0 N–H and O–H groups in total. The zero-order valence-corrected chi connectivity index (χ0v) is 16.1. The normalized spacial score (nSPS) is 13.4. The van der Waals surface area contributed by atoms with Gasteiger partial charge in [0, 0.05) is 0 Å². The first-order chi connectivity index (χ1) is 13.0. The molecule has 0 spiro atoms. The van der Waals surface area contributed by atoms with E-state index in [2.05, 4.69) is 0 Å². The average Bonchev–Trinajstić information content (AvgIpc) is 2.62. The zero-order valence-electron chi connectivity index (χ0n) is 16.1. The molecule has 2 atom stereocenters. The molecular formula is C19H23F5O4. The highest BCUT2D eigenvalue weighted by Crippen LogP contribution is 2.29. The highest BCUT2D eigenvalue weighted by atomic mass is 19.2. The van der Waals surface area contributed by atoms with E-state index in [0.717, 1.165) is 13.3 Å². The predicted octanol–water partition coefficient (Wildman–Crippen LogP) is 5.13. The number of halogens is 5. The smallest absolute Gasteiger partial charge is 0.306 e. The number of esters is 2. The van der Waals surface area contributed by atoms with Gasteiger partial charge in [-0.15, -0.1) is 0 Å². The van der Waals surface area contributed by atoms with Gasteiger partial charge in [-0.1, -0.05) is 27.2 Å². The number of ether oxygens (including phenoxy) is 2. The summed E-state index contributed by atoms with van der Waals surface area (Å²) in [4.78, 5) is 23.6. The molecule has 0 radical (unpaired) electrons. The Hall–Kier alpha value is -2.19. The maximum atomic E-state index is 13.7. The van der Waals surface area contributed by atoms with Crippen LogP contribution in [0.1, 0.15) is 65.0 Å². The fourth-order valence-electron chi connectivity index (χ4n) is 2.54. The lowest BCUT2D eigenvalue weighted by Gasteiger charge is -2.21. The van der Waals surface area contributed by atoms with Gasteiger partial charge in [-0.2, -0.15) is 0 Å². The Morgan fingerprint density at radius 2 is 1.21 bits per heavy atom. The lowest BCUT2D eigenvalue weighted by atomic mass is 10.0. The zero-order chi connectivity index (χ0) is 21.6. The summed E-state index contributed by atoms with van der Waals surface area (Å²) in [5, 5.41) is 0. The van der Waals surface area contributed by atoms with Gasteiger partial charge in [0.15, 0.2) is 23.3 Å². The molecule has 0 aliphatic carbocycles. The van der Waals surface area contributed by atoms with Crippen LogP contribution < -0.4 is 0 Å². The molecule has 0 saturated heterocycles. The number of hydrogen-bond donors (Lipinski definition) is 0. The van der Waals surface area contributed by atoms with E-state index in [4.69, 9.17) is 9.47 Å². The first-order valence-electron chi connectivity index (χ1n) is 8.91. The van der Waals surface area contributed by atoms with Gasteiger partial charge in [0.05, 0.1) is 18.4 Å². The van der Waals surface area contributed by atoms with Crippen LogP contribution in [0.2, 0.25) is 0 Å². The molecule has 158 valence electrons. The summed E-state index contributed by atoms with van der Waals surface area (Å²) in [5.41, 5.74) is -1.25. The first kappa shape index (κ1) is 23.8. The van der Waals surface area contributed by atoms with Crippen molar-refractivity contribution in [3.63, 3.8) is 0 Å². The second-order valence-electron chi connectivity index (χ2n) is 6.68. The van der Waals surface area contributed by atoms with E-state index in [0.29, 0.717) is 6.42 Å². The first-order valence-corrected chi connectivity index (χ1v) is 8.91. The van der Waals surface area contributed by atoms with Crippen molar-refractivity contribution in [1.29, 1.82) is 0 Å². The number of rotatable bonds is 9. The highest BCUT2D eigenvalue weighted by molar-refractivity contribution is 5.77. The Kier molecular flexibility index (Phi) is 8.84. The van der Waals surface area contributed by atoms with Gasteiger partial charge in [0.2, 0.25) is 5.82 Å². The summed E-state index contributed by atoms with van der Waals surface area (Å²) in [7, 11) is 0. The van der Waals surface area contributed by atoms with Gasteiger partial charge in [0.1, 0.15) is 12.2 Å². The molecule has 0 amide bonds. The Morgan fingerprint density at radius 3 is 1.64 bits per heavy atom. The molecule has 1 aromatic rings. The van der Waals surface area contributed by atoms with Crippen LogP contribution in [0.25, 0.3) is 0 Å². The largest absolute Gasteiger partial charge is 0.462 e. The number of carbonyl (C=O) groups excluding carboxylic acids is 2. The molecule has 1 rings (SSSR count). The monoisotopic (exact) mass is 410 g/mol. The molecule has 0 heterocycles. The fraction of sp³-hybridized carbons (Fsp3) is 0.579. The Morgan fingerprint density at radius 1 is 0.786 bits per heavy atom. The molecule has 9 heteroatoms. The third-order valence-electron chi connectivity index (χ3n) is 4.09. The SMILES string of the molecule is CCCC(OC(=O)CCC(=O)OC(C)c1c(F)c(F)c(F)c(F)c1F)C(C)C. The van der Waals surface area contributed by atoms with Crippen molar-refractivity contribution in [3.8, 4) is 0 Å². The van der Waals surface area contributed by atoms with E-state index in [-0.39, 0.29) is 18.4 Å². The van der Waals surface area contributed by atoms with E-state index in [1.165, 1.54) is 0 Å². The summed E-state index contributed by atoms with van der Waals surface area (Å²) < 4.78 is 77.0. The molecule has 0 saturated carbocycles. The minimum Gasteiger partial charge on any atom is -0.462 e. The maximum Gasteiger partial charge on any atom is 0.306 e. The van der Waals surface area contributed by atoms with Crippen LogP contribution >= 0.6 is 0 Å². The van der Waals surface area contributed by atoms with E-state index >= 15 is 0 Å². The summed E-state index contributed by atoms with van der Waals surface area (Å²) >= 11 is 0. The van der Waals surface area contributed by atoms with Crippen LogP contribution in [0.5, 0.6) is 0 Å². The number of benzene rings is 1. The van der Waals surface area contributed by atoms with Crippen LogP contribution in [-0.2, 0) is 19.1 Å². The van der Waals surface area contributed by atoms with E-state index < -0.39 is 59.1 Å². The van der Waals surface area contributed by atoms with E-state index in [9.17, 15) is 31.5 Å². The van der Waals surface area contributed by atoms with Crippen molar-refractivity contribution < 1.29 is 41.0 Å². The fourth-order valence-corrected chi connectivity index (χ4v) is 2.54. The summed E-state index contributed by atoms with van der Waals surface area (Å²) in [6, 6.07) is 0. The average molecular weight is 410 g/mol. The molecule has 0 aliphatic rings. The van der Waals surface area contributed by atoms with Crippen molar-refractivity contribution >= 4 is 11.9 Å². The van der Waals surface area contributed by atoms with Crippen molar-refractivity contribution in [2.45, 2.75) is 65.6 Å². The standard InChI is InChI=1S/C19H23F5O4/c1-5-6-11(9(2)3)28-13(26)8-7-12(25)27-10(4)14-15(20)17(22)19(24)18(23)16(14)21/h9-11H,5-8H2,1-4H3. The minimum absolute atomic E-state index is 0.0880. The number of carbonyl (C=O) groups is 2. The lowest BCUT2D eigenvalue weighted by molar-refractivity contribution is -0.157. The van der Waals surface area contributed by atoms with Gasteiger partial charge >= 0.3 is 11.9 Å². The van der Waals surface area contributed by atoms with E-state index in [1.807, 2.05) is 20.8 Å². The van der Waals surface area contributed by atoms with Crippen molar-refractivity contribution in [2.75, 3.05) is 0 Å². The quantitative estimate of drug-likeness (QED) is 0.245. The predicted molar refractivity (Wildman–Crippen MR) is 89.6 cm³/mol. The molecule has 0 aliphatic heterocycles. The van der Waals surface area contributed by atoms with Gasteiger partial charge < -0.3 is 9.47 Å². The Balaban J connectivity index is 2.71. The van der Waals surface area contributed by atoms with Crippen molar-refractivity contribution in [3.05, 3.63) is 34.6 Å². The Bertz CT molecular complexity index is 692. The summed E-state index contributed by atoms with van der Waals surface area (Å²) in [6.07, 6.45) is -1.38. The topological polar surface area (TPSA) is 52.6 Å². The van der Waals surface area contributed by atoms with Crippen molar-refractivity contribution in [2.24, 2.45) is 5.92 Å². The van der Waals surface area contributed by atoms with Crippen LogP contribution in [0.3, 0.4) is 0 Å². The van der Waals surface area contributed by atoms with Crippen LogP contribution in [-0.4, -0.2) is 18.0 Å². The van der Waals surface area contributed by atoms with E-state index in [1.54, 1.807) is 0 Å². The molecule has 0 fully saturated rings. The summed E-state index contributed by atoms with van der Waals surface area (Å²) in [5.74, 6) is -12.3. The summed E-state index contributed by atoms with van der Waals surface area (Å²) in [6.45, 7) is 6.66. The molecule has 2 unspecified atom stereocenters. The molecule has 1 aromatic carbocycles. The van der Waals surface area contributed by atoms with Crippen LogP contribution in [0, 0.1) is 35.0 Å². The third-order valence-corrected chi connectivity index (χ3v) is 4.09.